The van der Waals surface area contributed by atoms with Crippen molar-refractivity contribution in [1.29, 1.82) is 0 Å². The Morgan fingerprint density at radius 2 is 1.86 bits per heavy atom. The smallest absolute Gasteiger partial charge is 0.306 e. The van der Waals surface area contributed by atoms with Gasteiger partial charge in [0.2, 0.25) is 0 Å². The van der Waals surface area contributed by atoms with Crippen LogP contribution in [0.25, 0.3) is 0 Å². The lowest BCUT2D eigenvalue weighted by molar-refractivity contribution is -0.143. The number of fused-ring (bicyclic) bond motifs is 2. The van der Waals surface area contributed by atoms with Gasteiger partial charge in [-0.1, -0.05) is 19.1 Å². The van der Waals surface area contributed by atoms with Crippen molar-refractivity contribution in [3.05, 3.63) is 42.0 Å². The van der Waals surface area contributed by atoms with E-state index in [1.807, 2.05) is 29.2 Å². The molecule has 1 heterocycles. The molecule has 0 spiro atoms. The van der Waals surface area contributed by atoms with Crippen LogP contribution in [0.5, 0.6) is 5.75 Å². The lowest BCUT2D eigenvalue weighted by Gasteiger charge is -2.28. The van der Waals surface area contributed by atoms with E-state index in [1.165, 1.54) is 5.57 Å². The molecular formula is C23H29NO4. The molecule has 3 fully saturated rings. The van der Waals surface area contributed by atoms with E-state index in [9.17, 15) is 9.59 Å². The van der Waals surface area contributed by atoms with Crippen molar-refractivity contribution in [2.45, 2.75) is 64.0 Å². The van der Waals surface area contributed by atoms with Gasteiger partial charge in [0.15, 0.2) is 0 Å². The average molecular weight is 383 g/mol. The zero-order valence-electron chi connectivity index (χ0n) is 16.5. The van der Waals surface area contributed by atoms with Crippen LogP contribution in [-0.2, 0) is 4.79 Å². The highest BCUT2D eigenvalue weighted by Gasteiger charge is 2.46. The van der Waals surface area contributed by atoms with Crippen LogP contribution in [-0.4, -0.2) is 40.6 Å². The van der Waals surface area contributed by atoms with Gasteiger partial charge in [-0.25, -0.2) is 0 Å². The fraction of sp³-hybridized carbons (Fsp3) is 0.565. The quantitative estimate of drug-likeness (QED) is 0.788. The van der Waals surface area contributed by atoms with Gasteiger partial charge in [0.05, 0.1) is 12.0 Å². The maximum absolute atomic E-state index is 13.0. The van der Waals surface area contributed by atoms with Crippen LogP contribution in [0.1, 0.15) is 62.2 Å². The first-order valence-corrected chi connectivity index (χ1v) is 10.3. The summed E-state index contributed by atoms with van der Waals surface area (Å²) in [5, 5.41) is 9.09. The number of nitrogens with zero attached hydrogens (tertiary/aromatic N) is 1. The van der Waals surface area contributed by atoms with Gasteiger partial charge >= 0.3 is 5.97 Å². The number of benzene rings is 1. The van der Waals surface area contributed by atoms with Crippen molar-refractivity contribution < 1.29 is 19.4 Å². The van der Waals surface area contributed by atoms with Gasteiger partial charge in [-0.3, -0.25) is 9.59 Å². The van der Waals surface area contributed by atoms with Crippen molar-refractivity contribution in [3.8, 4) is 5.75 Å². The summed E-state index contributed by atoms with van der Waals surface area (Å²) in [5.41, 5.74) is 2.13. The van der Waals surface area contributed by atoms with Crippen LogP contribution < -0.4 is 4.74 Å². The minimum Gasteiger partial charge on any atom is -0.490 e. The summed E-state index contributed by atoms with van der Waals surface area (Å²) < 4.78 is 6.01. The Kier molecular flexibility index (Phi) is 4.94. The van der Waals surface area contributed by atoms with Gasteiger partial charge in [-0.05, 0) is 74.6 Å². The number of carbonyl (C=O) groups is 2. The Hall–Kier alpha value is -2.30. The second-order valence-corrected chi connectivity index (χ2v) is 9.19. The van der Waals surface area contributed by atoms with Crippen molar-refractivity contribution in [2.75, 3.05) is 6.54 Å². The van der Waals surface area contributed by atoms with Gasteiger partial charge in [-0.15, -0.1) is 0 Å². The Morgan fingerprint density at radius 1 is 1.18 bits per heavy atom. The average Bonchev–Trinajstić information content (AvgIpc) is 2.91. The Morgan fingerprint density at radius 3 is 2.50 bits per heavy atom. The number of carboxylic acids is 1. The van der Waals surface area contributed by atoms with Crippen LogP contribution in [0.3, 0.4) is 0 Å². The largest absolute Gasteiger partial charge is 0.490 e. The Labute approximate surface area is 166 Å². The van der Waals surface area contributed by atoms with E-state index in [2.05, 4.69) is 13.5 Å². The first-order valence-electron chi connectivity index (χ1n) is 10.3. The number of carbonyl (C=O) groups excluding carboxylic acids is 1. The molecule has 2 unspecified atom stereocenters. The van der Waals surface area contributed by atoms with Crippen LogP contribution in [0.15, 0.2) is 36.4 Å². The van der Waals surface area contributed by atoms with Gasteiger partial charge in [-0.2, -0.15) is 0 Å². The molecule has 0 radical (unpaired) electrons. The highest BCUT2D eigenvalue weighted by molar-refractivity contribution is 5.95. The minimum atomic E-state index is -0.704. The van der Waals surface area contributed by atoms with Crippen LogP contribution >= 0.6 is 0 Å². The molecule has 1 N–H and O–H groups in total. The molecule has 3 aliphatic rings. The fourth-order valence-electron chi connectivity index (χ4n) is 5.30. The molecule has 1 aliphatic heterocycles. The third-order valence-electron chi connectivity index (χ3n) is 6.61. The highest BCUT2D eigenvalue weighted by atomic mass is 16.5. The molecule has 2 saturated carbocycles. The molecule has 2 bridgehead atoms. The fourth-order valence-corrected chi connectivity index (χ4v) is 5.30. The molecule has 2 aliphatic carbocycles. The molecule has 2 atom stereocenters. The van der Waals surface area contributed by atoms with Crippen molar-refractivity contribution in [3.63, 3.8) is 0 Å². The SMILES string of the molecule is C=C1CC2CC(C)(C1)CN2C(=O)c1ccc(OC2CCC(C(=O)O)CC2)cc1. The van der Waals surface area contributed by atoms with Gasteiger partial charge in [0.25, 0.3) is 5.91 Å². The van der Waals surface area contributed by atoms with E-state index < -0.39 is 5.97 Å². The van der Waals surface area contributed by atoms with Crippen molar-refractivity contribution >= 4 is 11.9 Å². The molecular weight excluding hydrogens is 354 g/mol. The summed E-state index contributed by atoms with van der Waals surface area (Å²) in [6.07, 6.45) is 5.91. The number of hydrogen-bond acceptors (Lipinski definition) is 3. The number of amides is 1. The lowest BCUT2D eigenvalue weighted by atomic mass is 9.75. The molecule has 1 saturated heterocycles. The predicted molar refractivity (Wildman–Crippen MR) is 106 cm³/mol. The zero-order chi connectivity index (χ0) is 19.9. The maximum Gasteiger partial charge on any atom is 0.306 e. The van der Waals surface area contributed by atoms with Crippen LogP contribution in [0, 0.1) is 11.3 Å². The first-order chi connectivity index (χ1) is 13.3. The molecule has 5 nitrogen and oxygen atoms in total. The third kappa shape index (κ3) is 3.80. The van der Waals surface area contributed by atoms with Crippen molar-refractivity contribution in [2.24, 2.45) is 11.3 Å². The topological polar surface area (TPSA) is 66.8 Å². The second kappa shape index (κ2) is 7.26. The van der Waals surface area contributed by atoms with Gasteiger partial charge < -0.3 is 14.7 Å². The molecule has 0 aromatic heterocycles. The minimum absolute atomic E-state index is 0.0564. The maximum atomic E-state index is 13.0. The van der Waals surface area contributed by atoms with Gasteiger partial charge in [0, 0.05) is 18.2 Å². The molecule has 1 amide bonds. The Bertz CT molecular complexity index is 778. The molecule has 5 heteroatoms. The van der Waals surface area contributed by atoms with Crippen LogP contribution in [0.4, 0.5) is 0 Å². The highest BCUT2D eigenvalue weighted by Crippen LogP contribution is 2.47. The number of likely N-dealkylation sites (tertiary alicyclic amines) is 1. The number of aliphatic carboxylic acids is 1. The monoisotopic (exact) mass is 383 g/mol. The number of carboxylic acid groups (broad SMARTS) is 1. The summed E-state index contributed by atoms with van der Waals surface area (Å²) in [6.45, 7) is 7.22. The molecule has 4 rings (SSSR count). The number of hydrogen-bond donors (Lipinski definition) is 1. The van der Waals surface area contributed by atoms with Gasteiger partial charge in [0.1, 0.15) is 5.75 Å². The van der Waals surface area contributed by atoms with E-state index in [0.29, 0.717) is 18.4 Å². The lowest BCUT2D eigenvalue weighted by Crippen LogP contribution is -2.35. The molecule has 150 valence electrons. The zero-order valence-corrected chi connectivity index (χ0v) is 16.5. The second-order valence-electron chi connectivity index (χ2n) is 9.19. The Balaban J connectivity index is 1.37. The van der Waals surface area contributed by atoms with E-state index >= 15 is 0 Å². The third-order valence-corrected chi connectivity index (χ3v) is 6.61. The van der Waals surface area contributed by atoms with Crippen LogP contribution in [0.2, 0.25) is 0 Å². The number of rotatable bonds is 4. The molecule has 28 heavy (non-hydrogen) atoms. The standard InChI is InChI=1S/C23H29NO4/c1-15-11-18-13-23(2,12-15)14-24(18)21(25)16-3-7-19(8-4-16)28-20-9-5-17(6-10-20)22(26)27/h3-4,7-8,17-18,20H,1,5-6,9-14H2,2H3,(H,26,27). The summed E-state index contributed by atoms with van der Waals surface area (Å²) in [5.74, 6) is -0.101. The number of ether oxygens (including phenoxy) is 1. The molecule has 1 aromatic carbocycles. The predicted octanol–water partition coefficient (Wildman–Crippen LogP) is 4.28. The normalized spacial score (nSPS) is 32.2. The summed E-state index contributed by atoms with van der Waals surface area (Å²) in [6, 6.07) is 7.69. The van der Waals surface area contributed by atoms with E-state index in [1.54, 1.807) is 0 Å². The summed E-state index contributed by atoms with van der Waals surface area (Å²) in [7, 11) is 0. The van der Waals surface area contributed by atoms with E-state index in [-0.39, 0.29) is 29.4 Å². The van der Waals surface area contributed by atoms with E-state index in [4.69, 9.17) is 9.84 Å². The summed E-state index contributed by atoms with van der Waals surface area (Å²) >= 11 is 0. The van der Waals surface area contributed by atoms with E-state index in [0.717, 1.165) is 44.4 Å². The summed E-state index contributed by atoms with van der Waals surface area (Å²) in [4.78, 5) is 26.1. The van der Waals surface area contributed by atoms with Crippen molar-refractivity contribution in [1.82, 2.24) is 4.90 Å². The molecule has 1 aromatic rings. The first kappa shape index (κ1) is 19.0.